The fraction of sp³-hybridized carbons (Fsp3) is 0.167. The van der Waals surface area contributed by atoms with Crippen molar-refractivity contribution >= 4 is 23.3 Å². The summed E-state index contributed by atoms with van der Waals surface area (Å²) in [7, 11) is 1.70. The highest BCUT2D eigenvalue weighted by atomic mass is 35.5. The van der Waals surface area contributed by atoms with Crippen molar-refractivity contribution in [2.45, 2.75) is 6.54 Å². The van der Waals surface area contributed by atoms with Crippen LogP contribution in [-0.4, -0.2) is 28.1 Å². The molecule has 2 rings (SSSR count). The normalized spacial score (nSPS) is 10.3. The number of nitrogens with zero attached hydrogens (tertiary/aromatic N) is 2. The second-order valence-electron chi connectivity index (χ2n) is 3.99. The minimum absolute atomic E-state index is 0.179. The molecule has 0 saturated carbocycles. The number of rotatable bonds is 3. The van der Waals surface area contributed by atoms with Gasteiger partial charge in [-0.15, -0.1) is 0 Å². The summed E-state index contributed by atoms with van der Waals surface area (Å²) in [6.07, 6.45) is 1.42. The number of carbonyl (C=O) groups excluding carboxylic acids is 1. The standard InChI is InChI=1S/C12H13ClN4O/c1-17(7-8-3-2-4-9(13)5-8)12(18)10-6-15-16-11(10)14/h2-6H,7H2,1H3,(H3,14,15,16). The molecule has 5 nitrogen and oxygen atoms in total. The van der Waals surface area contributed by atoms with Gasteiger partial charge in [-0.25, -0.2) is 0 Å². The number of nitrogens with one attached hydrogen (secondary N) is 1. The Bertz CT molecular complexity index is 567. The summed E-state index contributed by atoms with van der Waals surface area (Å²) in [5, 5.41) is 6.91. The van der Waals surface area contributed by atoms with Crippen molar-refractivity contribution in [2.75, 3.05) is 12.8 Å². The molecule has 0 saturated heterocycles. The number of benzene rings is 1. The van der Waals surface area contributed by atoms with Crippen LogP contribution in [-0.2, 0) is 6.54 Å². The van der Waals surface area contributed by atoms with Gasteiger partial charge in [0.15, 0.2) is 0 Å². The van der Waals surface area contributed by atoms with E-state index < -0.39 is 0 Å². The van der Waals surface area contributed by atoms with Gasteiger partial charge in [0.05, 0.1) is 6.20 Å². The van der Waals surface area contributed by atoms with E-state index in [1.165, 1.54) is 6.20 Å². The summed E-state index contributed by atoms with van der Waals surface area (Å²) in [5.74, 6) is 0.0965. The molecular weight excluding hydrogens is 252 g/mol. The summed E-state index contributed by atoms with van der Waals surface area (Å²) in [5.41, 5.74) is 6.94. The predicted molar refractivity (Wildman–Crippen MR) is 70.2 cm³/mol. The molecule has 6 heteroatoms. The number of hydrogen-bond donors (Lipinski definition) is 2. The summed E-state index contributed by atoms with van der Waals surface area (Å²) >= 11 is 5.89. The molecule has 94 valence electrons. The third kappa shape index (κ3) is 2.62. The van der Waals surface area contributed by atoms with Gasteiger partial charge in [0.1, 0.15) is 11.4 Å². The maximum absolute atomic E-state index is 12.1. The molecule has 0 fully saturated rings. The van der Waals surface area contributed by atoms with E-state index in [-0.39, 0.29) is 11.7 Å². The van der Waals surface area contributed by atoms with Crippen LogP contribution < -0.4 is 5.73 Å². The summed E-state index contributed by atoms with van der Waals surface area (Å²) in [6, 6.07) is 7.38. The van der Waals surface area contributed by atoms with Crippen molar-refractivity contribution in [3.05, 3.63) is 46.6 Å². The Balaban J connectivity index is 2.11. The molecular formula is C12H13ClN4O. The molecule has 1 aromatic carbocycles. The fourth-order valence-corrected chi connectivity index (χ4v) is 1.87. The topological polar surface area (TPSA) is 75.0 Å². The van der Waals surface area contributed by atoms with Gasteiger partial charge in [-0.3, -0.25) is 9.89 Å². The number of nitrogens with two attached hydrogens (primary N) is 1. The van der Waals surface area contributed by atoms with Crippen molar-refractivity contribution in [1.82, 2.24) is 15.1 Å². The van der Waals surface area contributed by atoms with Gasteiger partial charge in [0.2, 0.25) is 0 Å². The van der Waals surface area contributed by atoms with Crippen LogP contribution in [0, 0.1) is 0 Å². The molecule has 2 aromatic rings. The molecule has 0 atom stereocenters. The maximum atomic E-state index is 12.1. The highest BCUT2D eigenvalue weighted by molar-refractivity contribution is 6.30. The molecule has 1 aromatic heterocycles. The molecule has 0 bridgehead atoms. The SMILES string of the molecule is CN(Cc1cccc(Cl)c1)C(=O)c1cn[nH]c1N. The van der Waals surface area contributed by atoms with Gasteiger partial charge < -0.3 is 10.6 Å². The Morgan fingerprint density at radius 3 is 2.94 bits per heavy atom. The van der Waals surface area contributed by atoms with Crippen LogP contribution in [0.2, 0.25) is 5.02 Å². The van der Waals surface area contributed by atoms with Gasteiger partial charge in [0.25, 0.3) is 5.91 Å². The van der Waals surface area contributed by atoms with Crippen LogP contribution in [0.15, 0.2) is 30.5 Å². The molecule has 0 aliphatic rings. The monoisotopic (exact) mass is 264 g/mol. The lowest BCUT2D eigenvalue weighted by Crippen LogP contribution is -2.26. The zero-order valence-electron chi connectivity index (χ0n) is 9.85. The van der Waals surface area contributed by atoms with Crippen LogP contribution >= 0.6 is 11.6 Å². The smallest absolute Gasteiger partial charge is 0.259 e. The minimum atomic E-state index is -0.179. The van der Waals surface area contributed by atoms with Crippen LogP contribution in [0.25, 0.3) is 0 Å². The largest absolute Gasteiger partial charge is 0.383 e. The first-order valence-corrected chi connectivity index (χ1v) is 5.74. The average molecular weight is 265 g/mol. The lowest BCUT2D eigenvalue weighted by Gasteiger charge is -2.16. The molecule has 3 N–H and O–H groups in total. The molecule has 1 amide bonds. The third-order valence-electron chi connectivity index (χ3n) is 2.55. The molecule has 0 spiro atoms. The number of anilines is 1. The minimum Gasteiger partial charge on any atom is -0.383 e. The van der Waals surface area contributed by atoms with Gasteiger partial charge in [-0.2, -0.15) is 5.10 Å². The first-order chi connectivity index (χ1) is 8.58. The number of hydrogen-bond acceptors (Lipinski definition) is 3. The Morgan fingerprint density at radius 2 is 2.33 bits per heavy atom. The lowest BCUT2D eigenvalue weighted by molar-refractivity contribution is 0.0786. The number of H-pyrrole nitrogens is 1. The Hall–Kier alpha value is -2.01. The van der Waals surface area contributed by atoms with E-state index >= 15 is 0 Å². The number of aromatic amines is 1. The number of aromatic nitrogens is 2. The van der Waals surface area contributed by atoms with Crippen LogP contribution in [0.5, 0.6) is 0 Å². The zero-order chi connectivity index (χ0) is 13.1. The Kier molecular flexibility index (Phi) is 3.53. The van der Waals surface area contributed by atoms with Crippen LogP contribution in [0.1, 0.15) is 15.9 Å². The molecule has 0 unspecified atom stereocenters. The quantitative estimate of drug-likeness (QED) is 0.889. The first-order valence-electron chi connectivity index (χ1n) is 5.36. The first kappa shape index (κ1) is 12.4. The van der Waals surface area contributed by atoms with Gasteiger partial charge in [-0.1, -0.05) is 23.7 Å². The Morgan fingerprint density at radius 1 is 1.56 bits per heavy atom. The fourth-order valence-electron chi connectivity index (χ4n) is 1.65. The number of halogens is 1. The van der Waals surface area contributed by atoms with Crippen LogP contribution in [0.3, 0.4) is 0 Å². The number of carbonyl (C=O) groups is 1. The predicted octanol–water partition coefficient (Wildman–Crippen LogP) is 1.92. The molecule has 0 radical (unpaired) electrons. The van der Waals surface area contributed by atoms with Crippen molar-refractivity contribution in [2.24, 2.45) is 0 Å². The van der Waals surface area contributed by atoms with E-state index in [4.69, 9.17) is 17.3 Å². The molecule has 0 aliphatic carbocycles. The molecule has 1 heterocycles. The average Bonchev–Trinajstić information content (AvgIpc) is 2.74. The molecule has 18 heavy (non-hydrogen) atoms. The maximum Gasteiger partial charge on any atom is 0.259 e. The summed E-state index contributed by atoms with van der Waals surface area (Å²) in [4.78, 5) is 13.6. The van der Waals surface area contributed by atoms with E-state index in [1.807, 2.05) is 18.2 Å². The summed E-state index contributed by atoms with van der Waals surface area (Å²) in [6.45, 7) is 0.462. The third-order valence-corrected chi connectivity index (χ3v) is 2.79. The van der Waals surface area contributed by atoms with Crippen LogP contribution in [0.4, 0.5) is 5.82 Å². The van der Waals surface area contributed by atoms with E-state index in [0.717, 1.165) is 5.56 Å². The second kappa shape index (κ2) is 5.10. The zero-order valence-corrected chi connectivity index (χ0v) is 10.6. The highest BCUT2D eigenvalue weighted by Crippen LogP contribution is 2.14. The number of amides is 1. The summed E-state index contributed by atoms with van der Waals surface area (Å²) < 4.78 is 0. The van der Waals surface area contributed by atoms with Gasteiger partial charge in [-0.05, 0) is 17.7 Å². The Labute approximate surface area is 110 Å². The van der Waals surface area contributed by atoms with E-state index in [0.29, 0.717) is 17.1 Å². The van der Waals surface area contributed by atoms with Gasteiger partial charge >= 0.3 is 0 Å². The number of nitrogen functional groups attached to an aromatic ring is 1. The van der Waals surface area contributed by atoms with Crippen molar-refractivity contribution in [1.29, 1.82) is 0 Å². The lowest BCUT2D eigenvalue weighted by atomic mass is 10.2. The second-order valence-corrected chi connectivity index (χ2v) is 4.42. The van der Waals surface area contributed by atoms with Crippen molar-refractivity contribution in [3.63, 3.8) is 0 Å². The van der Waals surface area contributed by atoms with Crippen molar-refractivity contribution < 1.29 is 4.79 Å². The van der Waals surface area contributed by atoms with E-state index in [9.17, 15) is 4.79 Å². The highest BCUT2D eigenvalue weighted by Gasteiger charge is 2.16. The van der Waals surface area contributed by atoms with E-state index in [2.05, 4.69) is 10.2 Å². The van der Waals surface area contributed by atoms with E-state index in [1.54, 1.807) is 18.0 Å². The van der Waals surface area contributed by atoms with Crippen molar-refractivity contribution in [3.8, 4) is 0 Å². The van der Waals surface area contributed by atoms with Gasteiger partial charge in [0, 0.05) is 18.6 Å². The molecule has 0 aliphatic heterocycles.